The number of furan rings is 1. The number of hydrogen-bond donors (Lipinski definition) is 3. The van der Waals surface area contributed by atoms with Crippen molar-refractivity contribution in [3.05, 3.63) is 94.9 Å². The Kier molecular flexibility index (Phi) is 6.23. The van der Waals surface area contributed by atoms with Gasteiger partial charge in [-0.05, 0) is 80.4 Å². The first-order valence-electron chi connectivity index (χ1n) is 11.8. The molecule has 8 heteroatoms. The molecule has 0 bridgehead atoms. The van der Waals surface area contributed by atoms with Gasteiger partial charge in [0.2, 0.25) is 5.78 Å². The van der Waals surface area contributed by atoms with Crippen molar-refractivity contribution in [3.63, 3.8) is 0 Å². The number of nitrogens with one attached hydrogen (secondary N) is 2. The molecule has 0 radical (unpaired) electrons. The SMILES string of the molecule is CCOc1ccc(C(=O)c2oc3ccccc3c2NC(=O)c2cc(-c3c(C)cc(C)cc3O)n[nH]2)cc1. The van der Waals surface area contributed by atoms with Gasteiger partial charge >= 0.3 is 0 Å². The van der Waals surface area contributed by atoms with Gasteiger partial charge in [0.25, 0.3) is 5.91 Å². The Hall–Kier alpha value is -4.85. The van der Waals surface area contributed by atoms with E-state index in [9.17, 15) is 14.7 Å². The summed E-state index contributed by atoms with van der Waals surface area (Å²) in [7, 11) is 0. The van der Waals surface area contributed by atoms with Crippen LogP contribution in [-0.4, -0.2) is 33.6 Å². The number of fused-ring (bicyclic) bond motifs is 1. The summed E-state index contributed by atoms with van der Waals surface area (Å²) < 4.78 is 11.3. The average molecular weight is 496 g/mol. The van der Waals surface area contributed by atoms with Crippen LogP contribution in [0.25, 0.3) is 22.2 Å². The molecule has 5 rings (SSSR count). The van der Waals surface area contributed by atoms with E-state index in [0.717, 1.165) is 11.1 Å². The standard InChI is InChI=1S/C29H25N3O5/c1-4-36-19-11-9-18(10-12-19)27(34)28-26(20-7-5-6-8-24(20)37-28)30-29(35)22-15-21(31-32-22)25-17(3)13-16(2)14-23(25)33/h5-15,33H,4H2,1-3H3,(H,30,35)(H,31,32). The first kappa shape index (κ1) is 23.9. The Labute approximate surface area is 212 Å². The number of carbonyl (C=O) groups is 2. The second-order valence-corrected chi connectivity index (χ2v) is 8.69. The van der Waals surface area contributed by atoms with Gasteiger partial charge in [-0.1, -0.05) is 18.2 Å². The lowest BCUT2D eigenvalue weighted by atomic mass is 10.0. The minimum absolute atomic E-state index is 0.0190. The molecule has 2 aromatic heterocycles. The van der Waals surface area contributed by atoms with Crippen LogP contribution in [-0.2, 0) is 0 Å². The highest BCUT2D eigenvalue weighted by Gasteiger charge is 2.25. The molecule has 3 aromatic carbocycles. The normalized spacial score (nSPS) is 11.0. The summed E-state index contributed by atoms with van der Waals surface area (Å²) >= 11 is 0. The van der Waals surface area contributed by atoms with Gasteiger partial charge in [0.15, 0.2) is 5.76 Å². The van der Waals surface area contributed by atoms with Crippen LogP contribution in [0.2, 0.25) is 0 Å². The second kappa shape index (κ2) is 9.66. The van der Waals surface area contributed by atoms with E-state index in [4.69, 9.17) is 9.15 Å². The summed E-state index contributed by atoms with van der Waals surface area (Å²) in [6, 6.07) is 19.0. The van der Waals surface area contributed by atoms with E-state index in [1.807, 2.05) is 26.8 Å². The maximum atomic E-state index is 13.4. The summed E-state index contributed by atoms with van der Waals surface area (Å²) in [6.45, 7) is 6.16. The van der Waals surface area contributed by atoms with Gasteiger partial charge in [0.1, 0.15) is 22.8 Å². The molecule has 0 unspecified atom stereocenters. The number of ether oxygens (including phenoxy) is 1. The van der Waals surface area contributed by atoms with Crippen molar-refractivity contribution in [3.8, 4) is 22.8 Å². The lowest BCUT2D eigenvalue weighted by Crippen LogP contribution is -2.14. The van der Waals surface area contributed by atoms with Crippen LogP contribution in [0.1, 0.15) is 44.7 Å². The molecule has 0 saturated carbocycles. The summed E-state index contributed by atoms with van der Waals surface area (Å²) in [5.74, 6) is -0.122. The number of para-hydroxylation sites is 1. The van der Waals surface area contributed by atoms with Crippen molar-refractivity contribution >= 4 is 28.3 Å². The van der Waals surface area contributed by atoms with Gasteiger partial charge in [-0.15, -0.1) is 0 Å². The molecule has 0 aliphatic rings. The second-order valence-electron chi connectivity index (χ2n) is 8.69. The number of aryl methyl sites for hydroxylation is 2. The molecule has 3 N–H and O–H groups in total. The fourth-order valence-corrected chi connectivity index (χ4v) is 4.36. The minimum Gasteiger partial charge on any atom is -0.507 e. The quantitative estimate of drug-likeness (QED) is 0.237. The summed E-state index contributed by atoms with van der Waals surface area (Å²) in [4.78, 5) is 26.6. The van der Waals surface area contributed by atoms with Crippen LogP contribution in [0.3, 0.4) is 0 Å². The van der Waals surface area contributed by atoms with Crippen LogP contribution >= 0.6 is 0 Å². The fourth-order valence-electron chi connectivity index (χ4n) is 4.36. The molecule has 0 aliphatic heterocycles. The number of nitrogens with zero attached hydrogens (tertiary/aromatic N) is 1. The zero-order valence-corrected chi connectivity index (χ0v) is 20.6. The zero-order valence-electron chi connectivity index (χ0n) is 20.6. The molecule has 0 saturated heterocycles. The van der Waals surface area contributed by atoms with Crippen LogP contribution in [0.4, 0.5) is 5.69 Å². The minimum atomic E-state index is -0.504. The Morgan fingerprint density at radius 2 is 1.81 bits per heavy atom. The van der Waals surface area contributed by atoms with E-state index < -0.39 is 5.91 Å². The maximum Gasteiger partial charge on any atom is 0.273 e. The molecule has 186 valence electrons. The molecular weight excluding hydrogens is 470 g/mol. The number of H-pyrrole nitrogens is 1. The molecular formula is C29H25N3O5. The number of aromatic hydroxyl groups is 1. The number of rotatable bonds is 7. The van der Waals surface area contributed by atoms with Crippen LogP contribution in [0.5, 0.6) is 11.5 Å². The van der Waals surface area contributed by atoms with E-state index in [2.05, 4.69) is 15.5 Å². The molecule has 0 spiro atoms. The molecule has 0 atom stereocenters. The monoisotopic (exact) mass is 495 g/mol. The highest BCUT2D eigenvalue weighted by atomic mass is 16.5. The van der Waals surface area contributed by atoms with Crippen molar-refractivity contribution in [1.82, 2.24) is 10.2 Å². The van der Waals surface area contributed by atoms with E-state index in [-0.39, 0.29) is 28.7 Å². The Bertz CT molecular complexity index is 1610. The number of ketones is 1. The maximum absolute atomic E-state index is 13.4. The number of aromatic nitrogens is 2. The number of amides is 1. The third-order valence-corrected chi connectivity index (χ3v) is 6.01. The molecule has 8 nitrogen and oxygen atoms in total. The number of hydrogen-bond acceptors (Lipinski definition) is 6. The average Bonchev–Trinajstić information content (AvgIpc) is 3.49. The van der Waals surface area contributed by atoms with Gasteiger partial charge in [-0.25, -0.2) is 0 Å². The number of phenols is 1. The largest absolute Gasteiger partial charge is 0.507 e. The first-order chi connectivity index (χ1) is 17.9. The highest BCUT2D eigenvalue weighted by Crippen LogP contribution is 2.35. The Morgan fingerprint density at radius 3 is 2.54 bits per heavy atom. The van der Waals surface area contributed by atoms with Crippen molar-refractivity contribution in [1.29, 1.82) is 0 Å². The molecule has 5 aromatic rings. The van der Waals surface area contributed by atoms with Gasteiger partial charge < -0.3 is 19.6 Å². The van der Waals surface area contributed by atoms with Crippen LogP contribution < -0.4 is 10.1 Å². The number of carbonyl (C=O) groups excluding carboxylic acids is 2. The van der Waals surface area contributed by atoms with E-state index in [1.165, 1.54) is 0 Å². The van der Waals surface area contributed by atoms with Crippen molar-refractivity contribution in [2.75, 3.05) is 11.9 Å². The third-order valence-electron chi connectivity index (χ3n) is 6.01. The van der Waals surface area contributed by atoms with Gasteiger partial charge in [-0.2, -0.15) is 5.10 Å². The van der Waals surface area contributed by atoms with Gasteiger partial charge in [0.05, 0.1) is 18.0 Å². The lowest BCUT2D eigenvalue weighted by molar-refractivity contribution is 0.101. The topological polar surface area (TPSA) is 117 Å². The first-order valence-corrected chi connectivity index (χ1v) is 11.8. The summed E-state index contributed by atoms with van der Waals surface area (Å²) in [5, 5.41) is 20.8. The van der Waals surface area contributed by atoms with Crippen LogP contribution in [0.15, 0.2) is 71.1 Å². The Balaban J connectivity index is 1.48. The fraction of sp³-hybridized carbons (Fsp3) is 0.138. The number of anilines is 1. The van der Waals surface area contributed by atoms with Crippen molar-refractivity contribution < 1.29 is 23.8 Å². The number of phenolic OH excluding ortho intramolecular Hbond substituents is 1. The van der Waals surface area contributed by atoms with Crippen molar-refractivity contribution in [2.45, 2.75) is 20.8 Å². The van der Waals surface area contributed by atoms with E-state index in [0.29, 0.717) is 40.1 Å². The highest BCUT2D eigenvalue weighted by molar-refractivity contribution is 6.18. The van der Waals surface area contributed by atoms with E-state index in [1.54, 1.807) is 60.7 Å². The summed E-state index contributed by atoms with van der Waals surface area (Å²) in [5.41, 5.74) is 4.03. The van der Waals surface area contributed by atoms with Crippen LogP contribution in [0, 0.1) is 13.8 Å². The smallest absolute Gasteiger partial charge is 0.273 e. The molecule has 0 fully saturated rings. The Morgan fingerprint density at radius 1 is 1.05 bits per heavy atom. The molecule has 0 aliphatic carbocycles. The van der Waals surface area contributed by atoms with E-state index >= 15 is 0 Å². The lowest BCUT2D eigenvalue weighted by Gasteiger charge is -2.07. The summed E-state index contributed by atoms with van der Waals surface area (Å²) in [6.07, 6.45) is 0. The zero-order chi connectivity index (χ0) is 26.1. The van der Waals surface area contributed by atoms with Gasteiger partial charge in [0, 0.05) is 16.5 Å². The molecule has 37 heavy (non-hydrogen) atoms. The van der Waals surface area contributed by atoms with Gasteiger partial charge in [-0.3, -0.25) is 14.7 Å². The number of benzene rings is 3. The molecule has 2 heterocycles. The third kappa shape index (κ3) is 4.56. The molecule has 1 amide bonds. The number of aromatic amines is 1. The predicted molar refractivity (Wildman–Crippen MR) is 140 cm³/mol. The van der Waals surface area contributed by atoms with Crippen molar-refractivity contribution in [2.24, 2.45) is 0 Å². The predicted octanol–water partition coefficient (Wildman–Crippen LogP) is 6.03.